The molecular weight excluding hydrogens is 250 g/mol. The van der Waals surface area contributed by atoms with E-state index in [0.717, 1.165) is 12.8 Å². The monoisotopic (exact) mass is 269 g/mol. The summed E-state index contributed by atoms with van der Waals surface area (Å²) in [5.41, 5.74) is 6.74. The molecule has 0 aliphatic heterocycles. The van der Waals surface area contributed by atoms with E-state index in [1.54, 1.807) is 12.1 Å². The van der Waals surface area contributed by atoms with E-state index in [9.17, 15) is 8.42 Å². The van der Waals surface area contributed by atoms with Gasteiger partial charge < -0.3 is 11.1 Å². The first-order valence-electron chi connectivity index (χ1n) is 6.16. The van der Waals surface area contributed by atoms with Gasteiger partial charge in [-0.25, -0.2) is 13.6 Å². The average Bonchev–Trinajstić information content (AvgIpc) is 2.32. The summed E-state index contributed by atoms with van der Waals surface area (Å²) in [6, 6.07) is 5.24. The van der Waals surface area contributed by atoms with Gasteiger partial charge >= 0.3 is 0 Å². The lowest BCUT2D eigenvalue weighted by molar-refractivity contribution is 0.463. The predicted molar refractivity (Wildman–Crippen MR) is 72.7 cm³/mol. The molecule has 0 radical (unpaired) electrons. The highest BCUT2D eigenvalue weighted by Crippen LogP contribution is 2.29. The highest BCUT2D eigenvalue weighted by Gasteiger charge is 2.18. The number of nitrogen functional groups attached to an aromatic ring is 1. The van der Waals surface area contributed by atoms with E-state index in [-0.39, 0.29) is 10.6 Å². The summed E-state index contributed by atoms with van der Waals surface area (Å²) < 4.78 is 22.7. The zero-order valence-corrected chi connectivity index (χ0v) is 11.0. The molecule has 1 saturated carbocycles. The highest BCUT2D eigenvalue weighted by molar-refractivity contribution is 7.89. The van der Waals surface area contributed by atoms with E-state index in [1.807, 2.05) is 0 Å². The lowest BCUT2D eigenvalue weighted by Crippen LogP contribution is -2.23. The molecule has 18 heavy (non-hydrogen) atoms. The van der Waals surface area contributed by atoms with Gasteiger partial charge in [-0.15, -0.1) is 0 Å². The molecule has 0 saturated heterocycles. The molecule has 0 spiro atoms. The highest BCUT2D eigenvalue weighted by atomic mass is 32.2. The summed E-state index contributed by atoms with van der Waals surface area (Å²) in [5, 5.41) is 8.44. The third-order valence-electron chi connectivity index (χ3n) is 3.34. The van der Waals surface area contributed by atoms with Gasteiger partial charge in [0.15, 0.2) is 0 Å². The molecule has 0 bridgehead atoms. The van der Waals surface area contributed by atoms with Crippen LogP contribution in [-0.4, -0.2) is 14.5 Å². The summed E-state index contributed by atoms with van der Waals surface area (Å²) in [4.78, 5) is -0.0108. The number of rotatable bonds is 3. The third kappa shape index (κ3) is 2.94. The van der Waals surface area contributed by atoms with Crippen LogP contribution in [-0.2, 0) is 10.0 Å². The van der Waals surface area contributed by atoms with Crippen molar-refractivity contribution in [1.29, 1.82) is 0 Å². The van der Waals surface area contributed by atoms with E-state index < -0.39 is 10.0 Å². The van der Waals surface area contributed by atoms with E-state index in [1.165, 1.54) is 25.3 Å². The van der Waals surface area contributed by atoms with Crippen LogP contribution >= 0.6 is 0 Å². The van der Waals surface area contributed by atoms with Gasteiger partial charge in [0, 0.05) is 6.04 Å². The summed E-state index contributed by atoms with van der Waals surface area (Å²) in [6.07, 6.45) is 5.86. The minimum Gasteiger partial charge on any atom is -0.396 e. The largest absolute Gasteiger partial charge is 0.396 e. The Morgan fingerprint density at radius 1 is 1.17 bits per heavy atom. The van der Waals surface area contributed by atoms with Crippen molar-refractivity contribution in [2.24, 2.45) is 5.14 Å². The van der Waals surface area contributed by atoms with Gasteiger partial charge in [0.2, 0.25) is 10.0 Å². The minimum atomic E-state index is -3.76. The van der Waals surface area contributed by atoms with Gasteiger partial charge in [0.1, 0.15) is 4.90 Å². The number of hydrogen-bond acceptors (Lipinski definition) is 4. The van der Waals surface area contributed by atoms with Crippen LogP contribution in [0.5, 0.6) is 0 Å². The molecule has 1 aliphatic rings. The lowest BCUT2D eigenvalue weighted by Gasteiger charge is -2.25. The second kappa shape index (κ2) is 5.16. The quantitative estimate of drug-likeness (QED) is 0.727. The fourth-order valence-corrected chi connectivity index (χ4v) is 3.07. The molecule has 5 nitrogen and oxygen atoms in total. The van der Waals surface area contributed by atoms with Crippen LogP contribution in [0.25, 0.3) is 0 Å². The van der Waals surface area contributed by atoms with E-state index >= 15 is 0 Å². The number of nitrogens with one attached hydrogen (secondary N) is 1. The van der Waals surface area contributed by atoms with Crippen LogP contribution in [0.3, 0.4) is 0 Å². The van der Waals surface area contributed by atoms with Gasteiger partial charge in [-0.2, -0.15) is 0 Å². The van der Waals surface area contributed by atoms with Crippen LogP contribution in [0, 0.1) is 0 Å². The molecule has 0 aromatic heterocycles. The topological polar surface area (TPSA) is 98.2 Å². The second-order valence-electron chi connectivity index (χ2n) is 4.74. The fraction of sp³-hybridized carbons (Fsp3) is 0.500. The maximum atomic E-state index is 11.4. The molecule has 0 unspecified atom stereocenters. The molecule has 1 aromatic rings. The third-order valence-corrected chi connectivity index (χ3v) is 4.31. The van der Waals surface area contributed by atoms with Gasteiger partial charge in [0.05, 0.1) is 11.4 Å². The van der Waals surface area contributed by atoms with E-state index in [4.69, 9.17) is 10.9 Å². The van der Waals surface area contributed by atoms with Crippen LogP contribution in [0.4, 0.5) is 11.4 Å². The summed E-state index contributed by atoms with van der Waals surface area (Å²) in [6.45, 7) is 0. The maximum absolute atomic E-state index is 11.4. The molecule has 1 aromatic carbocycles. The van der Waals surface area contributed by atoms with Crippen molar-refractivity contribution >= 4 is 21.4 Å². The molecule has 0 atom stereocenters. The Morgan fingerprint density at radius 3 is 2.44 bits per heavy atom. The summed E-state index contributed by atoms with van der Waals surface area (Å²) >= 11 is 0. The smallest absolute Gasteiger partial charge is 0.240 e. The SMILES string of the molecule is Nc1c(NC2CCCCC2)cccc1S(N)(=O)=O. The molecule has 1 fully saturated rings. The zero-order valence-electron chi connectivity index (χ0n) is 10.2. The van der Waals surface area contributed by atoms with Gasteiger partial charge in [-0.1, -0.05) is 25.3 Å². The minimum absolute atomic E-state index is 0.0108. The van der Waals surface area contributed by atoms with Gasteiger partial charge in [-0.3, -0.25) is 0 Å². The standard InChI is InChI=1S/C12H19N3O2S/c13-12-10(15-9-5-2-1-3-6-9)7-4-8-11(12)18(14,16)17/h4,7-9,15H,1-3,5-6,13H2,(H2,14,16,17). The predicted octanol–water partition coefficient (Wildman–Crippen LogP) is 1.66. The Hall–Kier alpha value is -1.27. The summed E-state index contributed by atoms with van der Waals surface area (Å²) in [5.74, 6) is 0. The lowest BCUT2D eigenvalue weighted by atomic mass is 9.95. The van der Waals surface area contributed by atoms with Crippen LogP contribution < -0.4 is 16.2 Å². The number of para-hydroxylation sites is 1. The van der Waals surface area contributed by atoms with Gasteiger partial charge in [0.25, 0.3) is 0 Å². The molecule has 0 amide bonds. The van der Waals surface area contributed by atoms with E-state index in [2.05, 4.69) is 5.32 Å². The number of sulfonamides is 1. The first-order chi connectivity index (χ1) is 8.48. The van der Waals surface area contributed by atoms with Crippen molar-refractivity contribution in [3.05, 3.63) is 18.2 Å². The van der Waals surface area contributed by atoms with Gasteiger partial charge in [-0.05, 0) is 25.0 Å². The van der Waals surface area contributed by atoms with Crippen LogP contribution in [0.15, 0.2) is 23.1 Å². The van der Waals surface area contributed by atoms with E-state index in [0.29, 0.717) is 11.7 Å². The average molecular weight is 269 g/mol. The number of anilines is 2. The van der Waals surface area contributed by atoms with Crippen LogP contribution in [0.2, 0.25) is 0 Å². The first-order valence-corrected chi connectivity index (χ1v) is 7.71. The Kier molecular flexibility index (Phi) is 3.77. The van der Waals surface area contributed by atoms with Crippen molar-refractivity contribution in [2.45, 2.75) is 43.0 Å². The van der Waals surface area contributed by atoms with Crippen molar-refractivity contribution in [3.8, 4) is 0 Å². The number of benzene rings is 1. The van der Waals surface area contributed by atoms with Crippen molar-refractivity contribution in [3.63, 3.8) is 0 Å². The van der Waals surface area contributed by atoms with Crippen molar-refractivity contribution in [1.82, 2.24) is 0 Å². The molecule has 2 rings (SSSR count). The summed E-state index contributed by atoms with van der Waals surface area (Å²) in [7, 11) is -3.76. The molecule has 5 N–H and O–H groups in total. The Morgan fingerprint density at radius 2 is 1.83 bits per heavy atom. The number of hydrogen-bond donors (Lipinski definition) is 3. The molecule has 100 valence electrons. The number of nitrogens with two attached hydrogens (primary N) is 2. The molecule has 1 aliphatic carbocycles. The molecule has 6 heteroatoms. The first kappa shape index (κ1) is 13.2. The zero-order chi connectivity index (χ0) is 13.2. The normalized spacial score (nSPS) is 17.6. The Bertz CT molecular complexity index is 522. The molecule has 0 heterocycles. The molecular formula is C12H19N3O2S. The fourth-order valence-electron chi connectivity index (χ4n) is 2.38. The van der Waals surface area contributed by atoms with Crippen molar-refractivity contribution in [2.75, 3.05) is 11.1 Å². The number of primary sulfonamides is 1. The second-order valence-corrected chi connectivity index (χ2v) is 6.27. The van der Waals surface area contributed by atoms with Crippen molar-refractivity contribution < 1.29 is 8.42 Å². The Balaban J connectivity index is 2.23. The maximum Gasteiger partial charge on any atom is 0.240 e. The Labute approximate surface area is 108 Å². The van der Waals surface area contributed by atoms with Crippen LogP contribution in [0.1, 0.15) is 32.1 Å².